The van der Waals surface area contributed by atoms with Crippen molar-refractivity contribution in [3.8, 4) is 0 Å². The number of nitrogens with one attached hydrogen (secondary N) is 2. The molecule has 1 aliphatic heterocycles. The Hall–Kier alpha value is -1.49. The SMILES string of the molecule is O=C(NCC1(c2ccccc2)CC1)C1CC(F)(F)CN1. The number of rotatable bonds is 4. The summed E-state index contributed by atoms with van der Waals surface area (Å²) in [5.74, 6) is -3.08. The first-order chi connectivity index (χ1) is 9.51. The van der Waals surface area contributed by atoms with Crippen LogP contribution in [0.25, 0.3) is 0 Å². The number of alkyl halides is 2. The molecule has 1 saturated heterocycles. The summed E-state index contributed by atoms with van der Waals surface area (Å²) < 4.78 is 26.1. The van der Waals surface area contributed by atoms with Crippen LogP contribution >= 0.6 is 0 Å². The minimum absolute atomic E-state index is 0.0119. The van der Waals surface area contributed by atoms with Crippen LogP contribution in [0.2, 0.25) is 0 Å². The van der Waals surface area contributed by atoms with E-state index in [1.165, 1.54) is 5.56 Å². The molecule has 1 aromatic rings. The fourth-order valence-corrected chi connectivity index (χ4v) is 2.79. The number of hydrogen-bond acceptors (Lipinski definition) is 2. The summed E-state index contributed by atoms with van der Waals surface area (Å²) in [6.07, 6.45) is 1.66. The smallest absolute Gasteiger partial charge is 0.262 e. The molecule has 1 unspecified atom stereocenters. The highest BCUT2D eigenvalue weighted by molar-refractivity contribution is 5.82. The molecule has 20 heavy (non-hydrogen) atoms. The number of hydrogen-bond donors (Lipinski definition) is 2. The Bertz CT molecular complexity index is 500. The Labute approximate surface area is 116 Å². The molecule has 0 bridgehead atoms. The van der Waals surface area contributed by atoms with Gasteiger partial charge in [-0.3, -0.25) is 10.1 Å². The third-order valence-electron chi connectivity index (χ3n) is 4.27. The van der Waals surface area contributed by atoms with Crippen molar-refractivity contribution in [1.29, 1.82) is 0 Å². The molecule has 0 spiro atoms. The topological polar surface area (TPSA) is 41.1 Å². The standard InChI is InChI=1S/C15H18F2N2O/c16-15(17)8-12(18-10-15)13(20)19-9-14(6-7-14)11-4-2-1-3-5-11/h1-5,12,18H,6-10H2,(H,19,20). The van der Waals surface area contributed by atoms with E-state index in [4.69, 9.17) is 0 Å². The molecule has 0 aromatic heterocycles. The summed E-state index contributed by atoms with van der Waals surface area (Å²) in [4.78, 5) is 11.9. The zero-order chi connectivity index (χ0) is 14.2. The summed E-state index contributed by atoms with van der Waals surface area (Å²) in [6, 6.07) is 9.27. The van der Waals surface area contributed by atoms with Crippen LogP contribution in [0.1, 0.15) is 24.8 Å². The maximum absolute atomic E-state index is 13.1. The second-order valence-corrected chi connectivity index (χ2v) is 5.86. The lowest BCUT2D eigenvalue weighted by atomic mass is 9.96. The van der Waals surface area contributed by atoms with Gasteiger partial charge in [0, 0.05) is 18.4 Å². The van der Waals surface area contributed by atoms with Gasteiger partial charge in [-0.1, -0.05) is 30.3 Å². The molecule has 0 radical (unpaired) electrons. The molecule has 1 heterocycles. The third kappa shape index (κ3) is 2.68. The van der Waals surface area contributed by atoms with E-state index in [1.807, 2.05) is 18.2 Å². The zero-order valence-corrected chi connectivity index (χ0v) is 11.2. The lowest BCUT2D eigenvalue weighted by molar-refractivity contribution is -0.123. The molecule has 3 rings (SSSR count). The highest BCUT2D eigenvalue weighted by Crippen LogP contribution is 2.47. The highest BCUT2D eigenvalue weighted by Gasteiger charge is 2.46. The molecule has 2 fully saturated rings. The van der Waals surface area contributed by atoms with Crippen molar-refractivity contribution in [3.63, 3.8) is 0 Å². The number of benzene rings is 1. The first-order valence-electron chi connectivity index (χ1n) is 6.95. The number of halogens is 2. The quantitative estimate of drug-likeness (QED) is 0.883. The van der Waals surface area contributed by atoms with Gasteiger partial charge in [0.15, 0.2) is 0 Å². The largest absolute Gasteiger partial charge is 0.354 e. The molecule has 1 aromatic carbocycles. The fourth-order valence-electron chi connectivity index (χ4n) is 2.79. The molecule has 5 heteroatoms. The van der Waals surface area contributed by atoms with Crippen molar-refractivity contribution < 1.29 is 13.6 Å². The van der Waals surface area contributed by atoms with E-state index in [1.54, 1.807) is 0 Å². The van der Waals surface area contributed by atoms with E-state index in [0.717, 1.165) is 12.8 Å². The molecule has 3 nitrogen and oxygen atoms in total. The third-order valence-corrected chi connectivity index (χ3v) is 4.27. The summed E-state index contributed by atoms with van der Waals surface area (Å²) in [5.41, 5.74) is 1.22. The number of carbonyl (C=O) groups excluding carboxylic acids is 1. The fraction of sp³-hybridized carbons (Fsp3) is 0.533. The van der Waals surface area contributed by atoms with Crippen LogP contribution in [0.5, 0.6) is 0 Å². The maximum Gasteiger partial charge on any atom is 0.262 e. The minimum atomic E-state index is -2.77. The highest BCUT2D eigenvalue weighted by atomic mass is 19.3. The van der Waals surface area contributed by atoms with Crippen LogP contribution in [0, 0.1) is 0 Å². The predicted octanol–water partition coefficient (Wildman–Crippen LogP) is 1.83. The molecule has 1 atom stereocenters. The average Bonchev–Trinajstić information content (AvgIpc) is 3.15. The summed E-state index contributed by atoms with van der Waals surface area (Å²) in [7, 11) is 0. The van der Waals surface area contributed by atoms with Gasteiger partial charge in [-0.2, -0.15) is 0 Å². The normalized spacial score (nSPS) is 26.2. The van der Waals surface area contributed by atoms with Crippen LogP contribution < -0.4 is 10.6 Å². The van der Waals surface area contributed by atoms with Crippen LogP contribution in [0.15, 0.2) is 30.3 Å². The van der Waals surface area contributed by atoms with Crippen molar-refractivity contribution in [2.45, 2.75) is 36.6 Å². The van der Waals surface area contributed by atoms with Gasteiger partial charge in [0.1, 0.15) is 0 Å². The van der Waals surface area contributed by atoms with Crippen molar-refractivity contribution in [3.05, 3.63) is 35.9 Å². The Morgan fingerprint density at radius 3 is 2.55 bits per heavy atom. The van der Waals surface area contributed by atoms with Gasteiger partial charge in [0.25, 0.3) is 5.92 Å². The Morgan fingerprint density at radius 1 is 1.30 bits per heavy atom. The molecular weight excluding hydrogens is 262 g/mol. The van der Waals surface area contributed by atoms with Gasteiger partial charge < -0.3 is 5.32 Å². The number of amides is 1. The Morgan fingerprint density at radius 2 is 2.00 bits per heavy atom. The van der Waals surface area contributed by atoms with Gasteiger partial charge in [-0.25, -0.2) is 8.78 Å². The van der Waals surface area contributed by atoms with Gasteiger partial charge in [-0.15, -0.1) is 0 Å². The van der Waals surface area contributed by atoms with E-state index in [-0.39, 0.29) is 11.3 Å². The predicted molar refractivity (Wildman–Crippen MR) is 71.7 cm³/mol. The summed E-state index contributed by atoms with van der Waals surface area (Å²) in [6.45, 7) is 0.120. The van der Waals surface area contributed by atoms with Gasteiger partial charge >= 0.3 is 0 Å². The van der Waals surface area contributed by atoms with Crippen molar-refractivity contribution in [1.82, 2.24) is 10.6 Å². The van der Waals surface area contributed by atoms with Crippen LogP contribution in [-0.4, -0.2) is 31.0 Å². The van der Waals surface area contributed by atoms with E-state index in [0.29, 0.717) is 6.54 Å². The Balaban J connectivity index is 1.57. The number of carbonyl (C=O) groups is 1. The van der Waals surface area contributed by atoms with Gasteiger partial charge in [0.05, 0.1) is 12.6 Å². The molecule has 1 saturated carbocycles. The molecule has 2 aliphatic rings. The minimum Gasteiger partial charge on any atom is -0.354 e. The molecule has 108 valence electrons. The van der Waals surface area contributed by atoms with E-state index in [9.17, 15) is 13.6 Å². The van der Waals surface area contributed by atoms with Gasteiger partial charge in [0.2, 0.25) is 5.91 Å². The first-order valence-corrected chi connectivity index (χ1v) is 6.95. The van der Waals surface area contributed by atoms with E-state index >= 15 is 0 Å². The lowest BCUT2D eigenvalue weighted by Gasteiger charge is -2.18. The molecule has 2 N–H and O–H groups in total. The van der Waals surface area contributed by atoms with Crippen molar-refractivity contribution in [2.75, 3.05) is 13.1 Å². The molecular formula is C15H18F2N2O. The van der Waals surface area contributed by atoms with Crippen LogP contribution in [0.3, 0.4) is 0 Å². The maximum atomic E-state index is 13.1. The Kier molecular flexibility index (Phi) is 3.24. The second-order valence-electron chi connectivity index (χ2n) is 5.86. The lowest BCUT2D eigenvalue weighted by Crippen LogP contribution is -2.43. The van der Waals surface area contributed by atoms with Crippen LogP contribution in [-0.2, 0) is 10.2 Å². The average molecular weight is 280 g/mol. The summed E-state index contributed by atoms with van der Waals surface area (Å²) >= 11 is 0. The van der Waals surface area contributed by atoms with E-state index < -0.39 is 24.9 Å². The van der Waals surface area contributed by atoms with Crippen molar-refractivity contribution in [2.24, 2.45) is 0 Å². The first kappa shape index (κ1) is 13.5. The summed E-state index contributed by atoms with van der Waals surface area (Å²) in [5, 5.41) is 5.41. The van der Waals surface area contributed by atoms with Gasteiger partial charge in [-0.05, 0) is 18.4 Å². The van der Waals surface area contributed by atoms with E-state index in [2.05, 4.69) is 22.8 Å². The monoisotopic (exact) mass is 280 g/mol. The second kappa shape index (κ2) is 4.81. The van der Waals surface area contributed by atoms with Crippen LogP contribution in [0.4, 0.5) is 8.78 Å². The van der Waals surface area contributed by atoms with Crippen molar-refractivity contribution >= 4 is 5.91 Å². The molecule has 1 amide bonds. The zero-order valence-electron chi connectivity index (χ0n) is 11.2. The molecule has 1 aliphatic carbocycles.